The van der Waals surface area contributed by atoms with Crippen molar-refractivity contribution in [3.63, 3.8) is 0 Å². The van der Waals surface area contributed by atoms with Gasteiger partial charge in [0.1, 0.15) is 0 Å². The number of nitrogens with zero attached hydrogens (tertiary/aromatic N) is 1. The molecular weight excluding hydrogens is 250 g/mol. The molecule has 0 amide bonds. The molecule has 0 aliphatic rings. The minimum Gasteiger partial charge on any atom is -0.413 e. The number of esters is 1. The Morgan fingerprint density at radius 1 is 0.900 bits per heavy atom. The van der Waals surface area contributed by atoms with Gasteiger partial charge < -0.3 is 4.74 Å². The molecule has 3 nitrogen and oxygen atoms in total. The number of carbonyl (C=O) groups excluding carboxylic acids is 1. The van der Waals surface area contributed by atoms with Crippen molar-refractivity contribution < 1.29 is 14.0 Å². The van der Waals surface area contributed by atoms with Gasteiger partial charge in [-0.2, -0.15) is 0 Å². The van der Waals surface area contributed by atoms with E-state index >= 15 is 0 Å². The predicted molar refractivity (Wildman–Crippen MR) is 85.4 cm³/mol. The Morgan fingerprint density at radius 3 is 1.80 bits per heavy atom. The summed E-state index contributed by atoms with van der Waals surface area (Å²) in [4.78, 5) is 11.7. The average molecular weight is 286 g/mol. The van der Waals surface area contributed by atoms with Crippen LogP contribution in [-0.2, 0) is 9.53 Å². The highest BCUT2D eigenvalue weighted by molar-refractivity contribution is 5.69. The van der Waals surface area contributed by atoms with Crippen LogP contribution >= 0.6 is 0 Å². The van der Waals surface area contributed by atoms with Crippen molar-refractivity contribution >= 4 is 5.97 Å². The van der Waals surface area contributed by atoms with Crippen molar-refractivity contribution in [2.45, 2.75) is 84.3 Å². The zero-order valence-corrected chi connectivity index (χ0v) is 14.4. The normalized spacial score (nSPS) is 13.2. The minimum atomic E-state index is -0.0685. The van der Waals surface area contributed by atoms with Crippen LogP contribution in [0.25, 0.3) is 0 Å². The van der Waals surface area contributed by atoms with Crippen molar-refractivity contribution in [3.8, 4) is 0 Å². The molecule has 1 unspecified atom stereocenters. The first-order valence-electron chi connectivity index (χ1n) is 8.38. The number of carbonyl (C=O) groups is 1. The van der Waals surface area contributed by atoms with E-state index in [0.29, 0.717) is 10.9 Å². The molecule has 1 atom stereocenters. The highest BCUT2D eigenvalue weighted by atomic mass is 16.6. The van der Waals surface area contributed by atoms with Crippen LogP contribution in [0.5, 0.6) is 0 Å². The van der Waals surface area contributed by atoms with Gasteiger partial charge >= 0.3 is 5.97 Å². The molecule has 120 valence electrons. The van der Waals surface area contributed by atoms with Crippen molar-refractivity contribution in [1.82, 2.24) is 0 Å². The van der Waals surface area contributed by atoms with Gasteiger partial charge in [-0.25, -0.2) is 0 Å². The van der Waals surface area contributed by atoms with Gasteiger partial charge in [-0.15, -0.1) is 0 Å². The molecule has 0 spiro atoms. The third kappa shape index (κ3) is 11.3. The summed E-state index contributed by atoms with van der Waals surface area (Å²) in [6, 6.07) is 0. The molecule has 0 aromatic rings. The van der Waals surface area contributed by atoms with Crippen molar-refractivity contribution in [1.29, 1.82) is 0 Å². The van der Waals surface area contributed by atoms with Crippen LogP contribution in [0.1, 0.15) is 78.1 Å². The van der Waals surface area contributed by atoms with Crippen LogP contribution in [0.3, 0.4) is 0 Å². The van der Waals surface area contributed by atoms with E-state index in [9.17, 15) is 4.79 Å². The summed E-state index contributed by atoms with van der Waals surface area (Å²) < 4.78 is 6.08. The van der Waals surface area contributed by atoms with E-state index in [0.717, 1.165) is 12.8 Å². The van der Waals surface area contributed by atoms with E-state index in [-0.39, 0.29) is 12.2 Å². The Kier molecular flexibility index (Phi) is 10.8. The van der Waals surface area contributed by atoms with E-state index in [2.05, 4.69) is 6.92 Å². The summed E-state index contributed by atoms with van der Waals surface area (Å²) in [5.41, 5.74) is 0. The van der Waals surface area contributed by atoms with E-state index < -0.39 is 0 Å². The standard InChI is InChI=1S/C17H36NO2/c1-6-7-8-9-10-11-12-13-14-15-17(19)20-16(2)18(3,4)5/h16H,6-15H2,1-5H3/q+1. The summed E-state index contributed by atoms with van der Waals surface area (Å²) in [5, 5.41) is 0. The smallest absolute Gasteiger partial charge is 0.310 e. The Labute approximate surface area is 126 Å². The van der Waals surface area contributed by atoms with Crippen molar-refractivity contribution in [2.75, 3.05) is 21.1 Å². The Balaban J connectivity index is 3.40. The lowest BCUT2D eigenvalue weighted by atomic mass is 10.1. The molecule has 0 fully saturated rings. The second-order valence-electron chi connectivity index (χ2n) is 6.78. The van der Waals surface area contributed by atoms with Gasteiger partial charge in [0.15, 0.2) is 0 Å². The van der Waals surface area contributed by atoms with Gasteiger partial charge in [0.25, 0.3) is 0 Å². The molecule has 0 aromatic carbocycles. The second-order valence-corrected chi connectivity index (χ2v) is 6.78. The molecule has 0 N–H and O–H groups in total. The Hall–Kier alpha value is -0.570. The summed E-state index contributed by atoms with van der Waals surface area (Å²) in [6.45, 7) is 4.20. The maximum absolute atomic E-state index is 11.7. The molecule has 0 saturated heterocycles. The van der Waals surface area contributed by atoms with Gasteiger partial charge in [-0.1, -0.05) is 58.3 Å². The highest BCUT2D eigenvalue weighted by Crippen LogP contribution is 2.12. The maximum atomic E-state index is 11.7. The fraction of sp³-hybridized carbons (Fsp3) is 0.941. The summed E-state index contributed by atoms with van der Waals surface area (Å²) in [5.74, 6) is -0.0477. The lowest BCUT2D eigenvalue weighted by molar-refractivity contribution is -0.914. The molecule has 0 bridgehead atoms. The third-order valence-electron chi connectivity index (χ3n) is 3.88. The van der Waals surface area contributed by atoms with Gasteiger partial charge in [-0.05, 0) is 6.42 Å². The molecule has 20 heavy (non-hydrogen) atoms. The zero-order valence-electron chi connectivity index (χ0n) is 14.4. The number of ether oxygens (including phenoxy) is 1. The van der Waals surface area contributed by atoms with Crippen LogP contribution in [0.15, 0.2) is 0 Å². The van der Waals surface area contributed by atoms with Gasteiger partial charge in [-0.3, -0.25) is 9.28 Å². The molecule has 0 radical (unpaired) electrons. The SMILES string of the molecule is CCCCCCCCCCCC(=O)OC(C)[N+](C)(C)C. The van der Waals surface area contributed by atoms with Crippen LogP contribution in [0.2, 0.25) is 0 Å². The summed E-state index contributed by atoms with van der Waals surface area (Å²) >= 11 is 0. The molecule has 0 rings (SSSR count). The van der Waals surface area contributed by atoms with E-state index in [1.165, 1.54) is 44.9 Å². The van der Waals surface area contributed by atoms with E-state index in [4.69, 9.17) is 4.74 Å². The molecule has 0 aliphatic carbocycles. The van der Waals surface area contributed by atoms with Crippen LogP contribution < -0.4 is 0 Å². The Bertz CT molecular complexity index is 246. The predicted octanol–water partition coefficient (Wildman–Crippen LogP) is 4.50. The monoisotopic (exact) mass is 286 g/mol. The first-order valence-corrected chi connectivity index (χ1v) is 8.38. The first-order chi connectivity index (χ1) is 9.38. The van der Waals surface area contributed by atoms with Gasteiger partial charge in [0.2, 0.25) is 6.23 Å². The van der Waals surface area contributed by atoms with Crippen LogP contribution in [0, 0.1) is 0 Å². The molecule has 0 heterocycles. The second kappa shape index (κ2) is 11.1. The van der Waals surface area contributed by atoms with Crippen LogP contribution in [-0.4, -0.2) is 37.8 Å². The van der Waals surface area contributed by atoms with Gasteiger partial charge in [0, 0.05) is 13.3 Å². The average Bonchev–Trinajstić information content (AvgIpc) is 2.35. The first kappa shape index (κ1) is 19.4. The molecule has 0 aliphatic heterocycles. The van der Waals surface area contributed by atoms with Crippen LogP contribution in [0.4, 0.5) is 0 Å². The fourth-order valence-electron chi connectivity index (χ4n) is 1.99. The topological polar surface area (TPSA) is 26.3 Å². The maximum Gasteiger partial charge on any atom is 0.310 e. The molecule has 0 aromatic heterocycles. The quantitative estimate of drug-likeness (QED) is 0.228. The van der Waals surface area contributed by atoms with Crippen molar-refractivity contribution in [3.05, 3.63) is 0 Å². The van der Waals surface area contributed by atoms with E-state index in [1.807, 2.05) is 28.1 Å². The summed E-state index contributed by atoms with van der Waals surface area (Å²) in [7, 11) is 6.11. The summed E-state index contributed by atoms with van der Waals surface area (Å²) in [6.07, 6.45) is 12.0. The largest absolute Gasteiger partial charge is 0.413 e. The van der Waals surface area contributed by atoms with Gasteiger partial charge in [0.05, 0.1) is 21.1 Å². The number of quaternary nitrogens is 1. The molecular formula is C17H36NO2+. The number of rotatable bonds is 12. The lowest BCUT2D eigenvalue weighted by Gasteiger charge is -2.30. The number of hydrogen-bond acceptors (Lipinski definition) is 2. The third-order valence-corrected chi connectivity index (χ3v) is 3.88. The zero-order chi connectivity index (χ0) is 15.4. The highest BCUT2D eigenvalue weighted by Gasteiger charge is 2.21. The molecule has 3 heteroatoms. The number of unbranched alkanes of at least 4 members (excludes halogenated alkanes) is 8. The Morgan fingerprint density at radius 2 is 1.35 bits per heavy atom. The van der Waals surface area contributed by atoms with Crippen molar-refractivity contribution in [2.24, 2.45) is 0 Å². The number of hydrogen-bond donors (Lipinski definition) is 0. The minimum absolute atomic E-state index is 0.0477. The van der Waals surface area contributed by atoms with E-state index in [1.54, 1.807) is 0 Å². The lowest BCUT2D eigenvalue weighted by Crippen LogP contribution is -2.45. The molecule has 0 saturated carbocycles. The fourth-order valence-corrected chi connectivity index (χ4v) is 1.99.